The number of hydrogen-bond donors (Lipinski definition) is 3. The smallest absolute Gasteiger partial charge is 0.224 e. The van der Waals surface area contributed by atoms with Gasteiger partial charge in [-0.25, -0.2) is 4.98 Å². The van der Waals surface area contributed by atoms with Gasteiger partial charge in [0.05, 0.1) is 18.1 Å². The van der Waals surface area contributed by atoms with Crippen LogP contribution in [0, 0.1) is 5.92 Å². The molecule has 0 saturated heterocycles. The van der Waals surface area contributed by atoms with Crippen LogP contribution in [0.4, 0.5) is 11.5 Å². The van der Waals surface area contributed by atoms with E-state index in [4.69, 9.17) is 0 Å². The zero-order chi connectivity index (χ0) is 27.6. The predicted octanol–water partition coefficient (Wildman–Crippen LogP) is 7.45. The number of aliphatic hydroxyl groups excluding tert-OH is 1. The molecular weight excluding hydrogens is 496 g/mol. The minimum Gasteiger partial charge on any atom is -0.388 e. The van der Waals surface area contributed by atoms with Gasteiger partial charge in [0.1, 0.15) is 5.82 Å². The third kappa shape index (κ3) is 7.13. The molecule has 0 aliphatic heterocycles. The summed E-state index contributed by atoms with van der Waals surface area (Å²) in [5.74, 6) is 0.855. The molecule has 6 heteroatoms. The van der Waals surface area contributed by atoms with Crippen molar-refractivity contribution >= 4 is 17.4 Å². The molecule has 2 aromatic heterocycles. The Kier molecular flexibility index (Phi) is 9.54. The van der Waals surface area contributed by atoms with Crippen LogP contribution in [-0.4, -0.2) is 21.0 Å². The molecule has 4 aromatic rings. The van der Waals surface area contributed by atoms with Crippen molar-refractivity contribution in [2.45, 2.75) is 63.0 Å². The summed E-state index contributed by atoms with van der Waals surface area (Å²) in [5, 5.41) is 18.6. The summed E-state index contributed by atoms with van der Waals surface area (Å²) in [7, 11) is 0. The monoisotopic (exact) mass is 534 g/mol. The third-order valence-electron chi connectivity index (χ3n) is 7.91. The summed E-state index contributed by atoms with van der Waals surface area (Å²) in [4.78, 5) is 22.4. The SMILES string of the molecule is O=C(CCC1CCCCC1)Nc1ccccc1[C@@H](Nc1ccccn1)[C@H](c1ccccn1)[C@H](O)c1ccccc1. The average molecular weight is 535 g/mol. The number of anilines is 2. The van der Waals surface area contributed by atoms with Gasteiger partial charge in [0.15, 0.2) is 0 Å². The summed E-state index contributed by atoms with van der Waals surface area (Å²) in [5.41, 5.74) is 3.13. The second kappa shape index (κ2) is 13.9. The van der Waals surface area contributed by atoms with Crippen LogP contribution >= 0.6 is 0 Å². The Bertz CT molecular complexity index is 1330. The van der Waals surface area contributed by atoms with Crippen LogP contribution in [0.1, 0.15) is 79.8 Å². The molecule has 0 bridgehead atoms. The zero-order valence-corrected chi connectivity index (χ0v) is 22.8. The maximum Gasteiger partial charge on any atom is 0.224 e. The van der Waals surface area contributed by atoms with Crippen molar-refractivity contribution in [2.75, 3.05) is 10.6 Å². The normalized spacial score (nSPS) is 16.0. The molecular formula is C34H38N4O2. The summed E-state index contributed by atoms with van der Waals surface area (Å²) < 4.78 is 0. The Morgan fingerprint density at radius 2 is 1.52 bits per heavy atom. The summed E-state index contributed by atoms with van der Waals surface area (Å²) in [6, 6.07) is 28.5. The van der Waals surface area contributed by atoms with Crippen LogP contribution in [0.3, 0.4) is 0 Å². The van der Waals surface area contributed by atoms with Gasteiger partial charge in [-0.15, -0.1) is 0 Å². The van der Waals surface area contributed by atoms with Crippen molar-refractivity contribution in [3.8, 4) is 0 Å². The number of amides is 1. The highest BCUT2D eigenvalue weighted by Gasteiger charge is 2.35. The van der Waals surface area contributed by atoms with E-state index in [9.17, 15) is 9.90 Å². The topological polar surface area (TPSA) is 87.1 Å². The lowest BCUT2D eigenvalue weighted by Crippen LogP contribution is -2.27. The Hall–Kier alpha value is -4.03. The third-order valence-corrected chi connectivity index (χ3v) is 7.91. The molecule has 2 aromatic carbocycles. The highest BCUT2D eigenvalue weighted by atomic mass is 16.3. The van der Waals surface area contributed by atoms with E-state index in [-0.39, 0.29) is 5.91 Å². The molecule has 1 fully saturated rings. The zero-order valence-electron chi connectivity index (χ0n) is 22.8. The highest BCUT2D eigenvalue weighted by Crippen LogP contribution is 2.43. The van der Waals surface area contributed by atoms with Gasteiger partial charge in [0.2, 0.25) is 5.91 Å². The molecule has 6 nitrogen and oxygen atoms in total. The lowest BCUT2D eigenvalue weighted by Gasteiger charge is -2.33. The molecule has 1 aliphatic carbocycles. The molecule has 1 saturated carbocycles. The van der Waals surface area contributed by atoms with Crippen LogP contribution in [-0.2, 0) is 4.79 Å². The van der Waals surface area contributed by atoms with E-state index in [1.54, 1.807) is 12.4 Å². The Labute approximate surface area is 236 Å². The minimum absolute atomic E-state index is 0.0209. The maximum atomic E-state index is 13.2. The number of hydrogen-bond acceptors (Lipinski definition) is 5. The van der Waals surface area contributed by atoms with Crippen molar-refractivity contribution in [1.82, 2.24) is 9.97 Å². The van der Waals surface area contributed by atoms with E-state index in [0.29, 0.717) is 18.2 Å². The van der Waals surface area contributed by atoms with Gasteiger partial charge in [0, 0.05) is 30.2 Å². The minimum atomic E-state index is -0.868. The Morgan fingerprint density at radius 3 is 2.25 bits per heavy atom. The number of pyridine rings is 2. The second-order valence-electron chi connectivity index (χ2n) is 10.7. The van der Waals surface area contributed by atoms with Crippen molar-refractivity contribution in [3.05, 3.63) is 120 Å². The first kappa shape index (κ1) is 27.5. The first-order valence-electron chi connectivity index (χ1n) is 14.4. The number of nitrogens with zero attached hydrogens (tertiary/aromatic N) is 2. The Morgan fingerprint density at radius 1 is 0.825 bits per heavy atom. The van der Waals surface area contributed by atoms with Gasteiger partial charge in [-0.2, -0.15) is 0 Å². The molecule has 1 aliphatic rings. The quantitative estimate of drug-likeness (QED) is 0.186. The molecule has 0 spiro atoms. The van der Waals surface area contributed by atoms with Crippen molar-refractivity contribution in [1.29, 1.82) is 0 Å². The number of aromatic nitrogens is 2. The van der Waals surface area contributed by atoms with E-state index in [1.165, 1.54) is 32.1 Å². The second-order valence-corrected chi connectivity index (χ2v) is 10.7. The Balaban J connectivity index is 1.50. The van der Waals surface area contributed by atoms with E-state index in [0.717, 1.165) is 28.9 Å². The van der Waals surface area contributed by atoms with Gasteiger partial charge in [-0.3, -0.25) is 9.78 Å². The number of carbonyl (C=O) groups excluding carboxylic acids is 1. The van der Waals surface area contributed by atoms with Gasteiger partial charge in [-0.05, 0) is 53.8 Å². The molecule has 206 valence electrons. The van der Waals surface area contributed by atoms with Gasteiger partial charge in [0.25, 0.3) is 0 Å². The van der Waals surface area contributed by atoms with Gasteiger partial charge in [-0.1, -0.05) is 92.8 Å². The van der Waals surface area contributed by atoms with Crippen molar-refractivity contribution < 1.29 is 9.90 Å². The van der Waals surface area contributed by atoms with Crippen LogP contribution in [0.25, 0.3) is 0 Å². The van der Waals surface area contributed by atoms with Crippen LogP contribution < -0.4 is 10.6 Å². The molecule has 3 atom stereocenters. The van der Waals surface area contributed by atoms with E-state index in [1.807, 2.05) is 91.0 Å². The molecule has 40 heavy (non-hydrogen) atoms. The number of aliphatic hydroxyl groups is 1. The number of benzene rings is 2. The first-order valence-corrected chi connectivity index (χ1v) is 14.4. The lowest BCUT2D eigenvalue weighted by molar-refractivity contribution is -0.116. The number of rotatable bonds is 11. The predicted molar refractivity (Wildman–Crippen MR) is 160 cm³/mol. The summed E-state index contributed by atoms with van der Waals surface area (Å²) in [6.07, 6.45) is 10.4. The highest BCUT2D eigenvalue weighted by molar-refractivity contribution is 5.91. The molecule has 0 unspecified atom stereocenters. The van der Waals surface area contributed by atoms with E-state index in [2.05, 4.69) is 20.6 Å². The van der Waals surface area contributed by atoms with Crippen LogP contribution in [0.2, 0.25) is 0 Å². The number of para-hydroxylation sites is 1. The molecule has 0 radical (unpaired) electrons. The average Bonchev–Trinajstić information content (AvgIpc) is 3.02. The van der Waals surface area contributed by atoms with E-state index >= 15 is 0 Å². The largest absolute Gasteiger partial charge is 0.388 e. The van der Waals surface area contributed by atoms with Gasteiger partial charge >= 0.3 is 0 Å². The molecule has 2 heterocycles. The van der Waals surface area contributed by atoms with E-state index < -0.39 is 18.1 Å². The standard InChI is InChI=1S/C34H38N4O2/c39-31(22-21-25-13-3-1-4-14-25)37-28-18-8-7-17-27(28)33(38-30-20-10-12-24-36-30)32(29-19-9-11-23-35-29)34(40)26-15-5-2-6-16-26/h2,5-12,15-20,23-25,32-34,40H,1,3-4,13-14,21-22H2,(H,36,38)(H,37,39)/t32-,33+,34+/m0/s1. The first-order chi connectivity index (χ1) is 19.7. The van der Waals surface area contributed by atoms with Crippen LogP contribution in [0.5, 0.6) is 0 Å². The molecule has 3 N–H and O–H groups in total. The molecule has 1 amide bonds. The van der Waals surface area contributed by atoms with Crippen LogP contribution in [0.15, 0.2) is 103 Å². The fourth-order valence-electron chi connectivity index (χ4n) is 5.82. The van der Waals surface area contributed by atoms with Crippen molar-refractivity contribution in [2.24, 2.45) is 5.92 Å². The lowest BCUT2D eigenvalue weighted by atomic mass is 9.82. The number of nitrogens with one attached hydrogen (secondary N) is 2. The summed E-state index contributed by atoms with van der Waals surface area (Å²) >= 11 is 0. The summed E-state index contributed by atoms with van der Waals surface area (Å²) in [6.45, 7) is 0. The van der Waals surface area contributed by atoms with Gasteiger partial charge < -0.3 is 15.7 Å². The number of carbonyl (C=O) groups is 1. The molecule has 5 rings (SSSR count). The van der Waals surface area contributed by atoms with Crippen molar-refractivity contribution in [3.63, 3.8) is 0 Å². The maximum absolute atomic E-state index is 13.2. The fraction of sp³-hybridized carbons (Fsp3) is 0.324. The fourth-order valence-corrected chi connectivity index (χ4v) is 5.82.